The zero-order valence-corrected chi connectivity index (χ0v) is 14.5. The fourth-order valence-electron chi connectivity index (χ4n) is 2.67. The predicted octanol–water partition coefficient (Wildman–Crippen LogP) is 3.34. The highest BCUT2D eigenvalue weighted by molar-refractivity contribution is 5.91. The molecule has 0 radical (unpaired) electrons. The van der Waals surface area contributed by atoms with Crippen molar-refractivity contribution in [1.82, 2.24) is 19.9 Å². The molecule has 25 heavy (non-hydrogen) atoms. The first kappa shape index (κ1) is 17.0. The van der Waals surface area contributed by atoms with E-state index < -0.39 is 0 Å². The number of aryl methyl sites for hydroxylation is 2. The van der Waals surface area contributed by atoms with Gasteiger partial charge in [-0.2, -0.15) is 0 Å². The lowest BCUT2D eigenvalue weighted by atomic mass is 10.1. The van der Waals surface area contributed by atoms with Gasteiger partial charge in [-0.25, -0.2) is 0 Å². The molecule has 0 saturated heterocycles. The number of nitrogens with zero attached hydrogens (tertiary/aromatic N) is 4. The predicted molar refractivity (Wildman–Crippen MR) is 94.0 cm³/mol. The number of hydrogen-bond acceptors (Lipinski definition) is 4. The molecule has 0 unspecified atom stereocenters. The highest BCUT2D eigenvalue weighted by atomic mass is 16.3. The number of aromatic nitrogens is 3. The van der Waals surface area contributed by atoms with Crippen LogP contribution in [0.4, 0.5) is 0 Å². The van der Waals surface area contributed by atoms with Crippen LogP contribution in [0.2, 0.25) is 0 Å². The lowest BCUT2D eigenvalue weighted by Crippen LogP contribution is -2.29. The van der Waals surface area contributed by atoms with E-state index in [1.54, 1.807) is 29.1 Å². The Balaban J connectivity index is 1.56. The van der Waals surface area contributed by atoms with Gasteiger partial charge in [-0.05, 0) is 37.5 Å². The summed E-state index contributed by atoms with van der Waals surface area (Å²) in [5.74, 6) is 0.573. The fourth-order valence-corrected chi connectivity index (χ4v) is 2.67. The Labute approximate surface area is 147 Å². The van der Waals surface area contributed by atoms with Crippen LogP contribution in [0.5, 0.6) is 0 Å². The van der Waals surface area contributed by atoms with E-state index >= 15 is 0 Å². The van der Waals surface area contributed by atoms with E-state index in [2.05, 4.69) is 22.4 Å². The number of hydrogen-bond donors (Lipinski definition) is 0. The second-order valence-corrected chi connectivity index (χ2v) is 6.06. The van der Waals surface area contributed by atoms with Gasteiger partial charge in [0.1, 0.15) is 5.76 Å². The van der Waals surface area contributed by atoms with Crippen molar-refractivity contribution >= 4 is 5.91 Å². The summed E-state index contributed by atoms with van der Waals surface area (Å²) in [5, 5.41) is 8.09. The zero-order valence-electron chi connectivity index (χ0n) is 14.5. The molecular formula is C19H22N4O2. The Morgan fingerprint density at radius 2 is 2.04 bits per heavy atom. The van der Waals surface area contributed by atoms with Gasteiger partial charge < -0.3 is 9.32 Å². The summed E-state index contributed by atoms with van der Waals surface area (Å²) in [6, 6.07) is 13.8. The van der Waals surface area contributed by atoms with Crippen molar-refractivity contribution in [1.29, 1.82) is 0 Å². The molecule has 0 aliphatic heterocycles. The first-order valence-electron chi connectivity index (χ1n) is 8.40. The van der Waals surface area contributed by atoms with Gasteiger partial charge >= 0.3 is 0 Å². The molecule has 0 fully saturated rings. The van der Waals surface area contributed by atoms with Crippen molar-refractivity contribution in [3.05, 3.63) is 71.9 Å². The number of amides is 1. The number of furan rings is 1. The largest absolute Gasteiger partial charge is 0.467 e. The van der Waals surface area contributed by atoms with E-state index in [4.69, 9.17) is 4.42 Å². The van der Waals surface area contributed by atoms with Crippen molar-refractivity contribution in [2.24, 2.45) is 0 Å². The maximum absolute atomic E-state index is 12.6. The molecule has 2 heterocycles. The van der Waals surface area contributed by atoms with Gasteiger partial charge in [0.25, 0.3) is 5.91 Å². The molecule has 3 aromatic rings. The van der Waals surface area contributed by atoms with Gasteiger partial charge in [-0.15, -0.1) is 5.10 Å². The van der Waals surface area contributed by atoms with Gasteiger partial charge in [0.15, 0.2) is 5.69 Å². The molecule has 130 valence electrons. The lowest BCUT2D eigenvalue weighted by Gasteiger charge is -2.22. The van der Waals surface area contributed by atoms with E-state index in [-0.39, 0.29) is 11.9 Å². The summed E-state index contributed by atoms with van der Waals surface area (Å²) < 4.78 is 7.09. The summed E-state index contributed by atoms with van der Waals surface area (Å²) in [4.78, 5) is 14.2. The number of rotatable bonds is 7. The summed E-state index contributed by atoms with van der Waals surface area (Å²) >= 11 is 0. The van der Waals surface area contributed by atoms with Crippen LogP contribution >= 0.6 is 0 Å². The Hall–Kier alpha value is -2.89. The fraction of sp³-hybridized carbons (Fsp3) is 0.316. The van der Waals surface area contributed by atoms with Crippen molar-refractivity contribution in [2.45, 2.75) is 32.4 Å². The molecule has 1 atom stereocenters. The van der Waals surface area contributed by atoms with Gasteiger partial charge in [-0.1, -0.05) is 35.5 Å². The van der Waals surface area contributed by atoms with Crippen LogP contribution in [0.25, 0.3) is 0 Å². The lowest BCUT2D eigenvalue weighted by molar-refractivity contribution is 0.0720. The molecule has 3 rings (SSSR count). The smallest absolute Gasteiger partial charge is 0.276 e. The molecule has 1 amide bonds. The van der Waals surface area contributed by atoms with E-state index in [0.29, 0.717) is 5.69 Å². The molecule has 0 saturated carbocycles. The van der Waals surface area contributed by atoms with Crippen LogP contribution in [-0.4, -0.2) is 32.8 Å². The first-order chi connectivity index (χ1) is 12.1. The number of benzene rings is 1. The van der Waals surface area contributed by atoms with Crippen LogP contribution in [0, 0.1) is 0 Å². The normalized spacial score (nSPS) is 12.1. The van der Waals surface area contributed by atoms with Gasteiger partial charge in [0, 0.05) is 13.6 Å². The molecule has 1 aromatic carbocycles. The third-order valence-corrected chi connectivity index (χ3v) is 4.31. The van der Waals surface area contributed by atoms with Crippen LogP contribution in [0.15, 0.2) is 59.3 Å². The molecule has 6 heteroatoms. The topological polar surface area (TPSA) is 64.2 Å². The maximum Gasteiger partial charge on any atom is 0.276 e. The number of carbonyl (C=O) groups excluding carboxylic acids is 1. The summed E-state index contributed by atoms with van der Waals surface area (Å²) in [6.07, 6.45) is 5.23. The SMILES string of the molecule is C[C@H](c1ccco1)N(C)C(=O)c1cn(CCCc2ccccc2)nn1. The van der Waals surface area contributed by atoms with E-state index in [1.165, 1.54) is 5.56 Å². The van der Waals surface area contributed by atoms with Crippen molar-refractivity contribution < 1.29 is 9.21 Å². The van der Waals surface area contributed by atoms with Crippen LogP contribution in [0.3, 0.4) is 0 Å². The second kappa shape index (κ2) is 7.79. The standard InChI is InChI=1S/C19H22N4O2/c1-15(18-11-7-13-25-18)22(2)19(24)17-14-23(21-20-17)12-6-10-16-8-4-3-5-9-16/h3-5,7-9,11,13-15H,6,10,12H2,1-2H3/t15-/m1/s1. The van der Waals surface area contributed by atoms with Crippen molar-refractivity contribution in [2.75, 3.05) is 7.05 Å². The van der Waals surface area contributed by atoms with Gasteiger partial charge in [0.2, 0.25) is 0 Å². The molecular weight excluding hydrogens is 316 g/mol. The highest BCUT2D eigenvalue weighted by Gasteiger charge is 2.23. The van der Waals surface area contributed by atoms with Crippen LogP contribution in [0.1, 0.15) is 41.2 Å². The highest BCUT2D eigenvalue weighted by Crippen LogP contribution is 2.20. The Kier molecular flexibility index (Phi) is 5.28. The third kappa shape index (κ3) is 4.15. The summed E-state index contributed by atoms with van der Waals surface area (Å²) in [6.45, 7) is 2.65. The second-order valence-electron chi connectivity index (χ2n) is 6.06. The zero-order chi connectivity index (χ0) is 17.6. The Morgan fingerprint density at radius 3 is 2.76 bits per heavy atom. The van der Waals surface area contributed by atoms with Gasteiger partial charge in [0.05, 0.1) is 18.5 Å². The molecule has 0 aliphatic carbocycles. The number of carbonyl (C=O) groups is 1. The molecule has 2 aromatic heterocycles. The molecule has 0 N–H and O–H groups in total. The minimum Gasteiger partial charge on any atom is -0.467 e. The summed E-state index contributed by atoms with van der Waals surface area (Å²) in [7, 11) is 1.74. The van der Waals surface area contributed by atoms with E-state index in [1.807, 2.05) is 37.3 Å². The Morgan fingerprint density at radius 1 is 1.24 bits per heavy atom. The molecule has 0 spiro atoms. The quantitative estimate of drug-likeness (QED) is 0.663. The average Bonchev–Trinajstić information content (AvgIpc) is 3.33. The van der Waals surface area contributed by atoms with Crippen LogP contribution < -0.4 is 0 Å². The summed E-state index contributed by atoms with van der Waals surface area (Å²) in [5.41, 5.74) is 1.64. The third-order valence-electron chi connectivity index (χ3n) is 4.31. The average molecular weight is 338 g/mol. The van der Waals surface area contributed by atoms with Crippen molar-refractivity contribution in [3.8, 4) is 0 Å². The molecule has 6 nitrogen and oxygen atoms in total. The van der Waals surface area contributed by atoms with E-state index in [9.17, 15) is 4.79 Å². The molecule has 0 bridgehead atoms. The van der Waals surface area contributed by atoms with E-state index in [0.717, 1.165) is 25.1 Å². The van der Waals surface area contributed by atoms with Crippen LogP contribution in [-0.2, 0) is 13.0 Å². The minimum absolute atomic E-state index is 0.161. The first-order valence-corrected chi connectivity index (χ1v) is 8.40. The maximum atomic E-state index is 12.6. The Bertz CT molecular complexity index is 796. The van der Waals surface area contributed by atoms with Crippen molar-refractivity contribution in [3.63, 3.8) is 0 Å². The minimum atomic E-state index is -0.168. The molecule has 0 aliphatic rings. The monoisotopic (exact) mass is 338 g/mol. The van der Waals surface area contributed by atoms with Gasteiger partial charge in [-0.3, -0.25) is 9.48 Å².